The van der Waals surface area contributed by atoms with Gasteiger partial charge in [-0.15, -0.1) is 11.3 Å². The lowest BCUT2D eigenvalue weighted by atomic mass is 9.77. The molecular formula is C41H43N2O3SSi. The Morgan fingerprint density at radius 1 is 0.833 bits per heavy atom. The summed E-state index contributed by atoms with van der Waals surface area (Å²) >= 11 is 1.65. The van der Waals surface area contributed by atoms with Crippen molar-refractivity contribution in [2.45, 2.75) is 53.2 Å². The molecule has 1 aromatic heterocycles. The van der Waals surface area contributed by atoms with E-state index in [4.69, 9.17) is 4.43 Å². The van der Waals surface area contributed by atoms with Gasteiger partial charge in [0.2, 0.25) is 5.91 Å². The Morgan fingerprint density at radius 2 is 1.46 bits per heavy atom. The van der Waals surface area contributed by atoms with Crippen molar-refractivity contribution in [3.05, 3.63) is 147 Å². The van der Waals surface area contributed by atoms with E-state index in [9.17, 15) is 9.59 Å². The van der Waals surface area contributed by atoms with E-state index in [1.54, 1.807) is 36.6 Å². The minimum Gasteiger partial charge on any atom is -0.403 e. The fraction of sp³-hybridized carbons (Fsp3) is 0.220. The minimum absolute atomic E-state index is 0.0701. The van der Waals surface area contributed by atoms with Gasteiger partial charge in [-0.25, -0.2) is 0 Å². The molecule has 4 aromatic carbocycles. The molecule has 5 rings (SSSR count). The van der Waals surface area contributed by atoms with Crippen molar-refractivity contribution < 1.29 is 14.0 Å². The van der Waals surface area contributed by atoms with Crippen molar-refractivity contribution in [2.24, 2.45) is 0 Å². The minimum atomic E-state index is -1.47. The lowest BCUT2D eigenvalue weighted by Crippen LogP contribution is -2.44. The molecular weight excluding hydrogens is 629 g/mol. The molecule has 245 valence electrons. The molecule has 5 nitrogen and oxygen atoms in total. The van der Waals surface area contributed by atoms with E-state index in [1.807, 2.05) is 24.3 Å². The molecule has 0 spiro atoms. The predicted molar refractivity (Wildman–Crippen MR) is 201 cm³/mol. The van der Waals surface area contributed by atoms with Gasteiger partial charge in [0.05, 0.1) is 13.2 Å². The van der Waals surface area contributed by atoms with E-state index in [-0.39, 0.29) is 17.2 Å². The van der Waals surface area contributed by atoms with Crippen LogP contribution < -0.4 is 21.0 Å². The van der Waals surface area contributed by atoms with Gasteiger partial charge in [-0.3, -0.25) is 9.59 Å². The van der Waals surface area contributed by atoms with Gasteiger partial charge in [0.25, 0.3) is 14.9 Å². The van der Waals surface area contributed by atoms with Gasteiger partial charge in [-0.05, 0) is 104 Å². The average molecular weight is 672 g/mol. The number of thiophene rings is 1. The number of hydrogen-bond donors (Lipinski definition) is 2. The zero-order valence-corrected chi connectivity index (χ0v) is 30.3. The summed E-state index contributed by atoms with van der Waals surface area (Å²) in [7, 11) is 0.137. The third kappa shape index (κ3) is 8.28. The van der Waals surface area contributed by atoms with Crippen LogP contribution in [0.25, 0.3) is 17.2 Å². The van der Waals surface area contributed by atoms with Crippen LogP contribution >= 0.6 is 11.3 Å². The van der Waals surface area contributed by atoms with Gasteiger partial charge < -0.3 is 15.1 Å². The van der Waals surface area contributed by atoms with Crippen LogP contribution in [0.4, 0.5) is 0 Å². The van der Waals surface area contributed by atoms with Gasteiger partial charge >= 0.3 is 0 Å². The van der Waals surface area contributed by atoms with Crippen molar-refractivity contribution in [3.8, 4) is 11.1 Å². The maximum atomic E-state index is 12.8. The molecule has 0 bridgehead atoms. The third-order valence-electron chi connectivity index (χ3n) is 8.43. The van der Waals surface area contributed by atoms with Crippen molar-refractivity contribution in [1.29, 1.82) is 0 Å². The second kappa shape index (κ2) is 15.6. The summed E-state index contributed by atoms with van der Waals surface area (Å²) in [5, 5.41) is 10.2. The van der Waals surface area contributed by atoms with Crippen LogP contribution in [0.3, 0.4) is 0 Å². The summed E-state index contributed by atoms with van der Waals surface area (Å²) in [6.45, 7) is 12.2. The fourth-order valence-corrected chi connectivity index (χ4v) is 8.98. The van der Waals surface area contributed by atoms with Crippen molar-refractivity contribution >= 4 is 48.6 Å². The molecule has 1 radical (unpaired) electrons. The highest BCUT2D eigenvalue weighted by Gasteiger charge is 2.26. The van der Waals surface area contributed by atoms with Crippen molar-refractivity contribution in [1.82, 2.24) is 10.6 Å². The standard InChI is InChI=1S/C41H43N2O3SSi/c1-28-32(27-46-48(33-13-9-7-10-14-33)34-15-11-8-12-16-34)25-36(29(2)39(28)41(3,4)5)35-23-24-47-37(35)26-43-38(44)22-19-30-17-20-31(21-18-30)40(45)42-6/h7-25H,26-27H2,1-6H3,(H,42,45)(H,43,44). The second-order valence-electron chi connectivity index (χ2n) is 12.8. The monoisotopic (exact) mass is 671 g/mol. The van der Waals surface area contributed by atoms with Crippen LogP contribution in [-0.4, -0.2) is 27.9 Å². The highest BCUT2D eigenvalue weighted by atomic mass is 32.1. The van der Waals surface area contributed by atoms with E-state index < -0.39 is 9.04 Å². The largest absolute Gasteiger partial charge is 0.403 e. The molecule has 0 aliphatic carbocycles. The van der Waals surface area contributed by atoms with Crippen molar-refractivity contribution in [2.75, 3.05) is 7.05 Å². The van der Waals surface area contributed by atoms with E-state index in [0.29, 0.717) is 18.7 Å². The molecule has 0 saturated carbocycles. The van der Waals surface area contributed by atoms with Crippen LogP contribution in [-0.2, 0) is 27.8 Å². The molecule has 0 unspecified atom stereocenters. The SMILES string of the molecule is CNC(=O)c1ccc(C=CC(=O)NCc2sccc2-c2cc(CO[Si](c3ccccc3)c3ccccc3)c(C)c(C(C)(C)C)c2C)cc1. The first-order valence-electron chi connectivity index (χ1n) is 16.2. The molecule has 48 heavy (non-hydrogen) atoms. The molecule has 0 fully saturated rings. The number of carbonyl (C=O) groups is 2. The Hall–Kier alpha value is -4.56. The summed E-state index contributed by atoms with van der Waals surface area (Å²) in [6.07, 6.45) is 3.29. The van der Waals surface area contributed by atoms with Gasteiger partial charge in [-0.2, -0.15) is 0 Å². The van der Waals surface area contributed by atoms with Crippen LogP contribution in [0, 0.1) is 13.8 Å². The number of nitrogens with one attached hydrogen (secondary N) is 2. The molecule has 0 saturated heterocycles. The number of hydrogen-bond acceptors (Lipinski definition) is 4. The summed E-state index contributed by atoms with van der Waals surface area (Å²) in [5.41, 5.74) is 8.70. The van der Waals surface area contributed by atoms with Crippen LogP contribution in [0.15, 0.2) is 109 Å². The first-order chi connectivity index (χ1) is 23.1. The molecule has 0 atom stereocenters. The van der Waals surface area contributed by atoms with Gasteiger partial charge in [0, 0.05) is 23.6 Å². The first kappa shape index (κ1) is 34.8. The summed E-state index contributed by atoms with van der Waals surface area (Å²) in [4.78, 5) is 25.8. The van der Waals surface area contributed by atoms with E-state index in [2.05, 4.69) is 111 Å². The number of benzene rings is 4. The average Bonchev–Trinajstić information content (AvgIpc) is 3.56. The quantitative estimate of drug-likeness (QED) is 0.114. The molecule has 5 aromatic rings. The molecule has 0 aliphatic heterocycles. The van der Waals surface area contributed by atoms with Crippen LogP contribution in [0.1, 0.15) is 63.8 Å². The molecule has 2 N–H and O–H groups in total. The lowest BCUT2D eigenvalue weighted by molar-refractivity contribution is -0.116. The number of amides is 2. The Balaban J connectivity index is 1.39. The highest BCUT2D eigenvalue weighted by Crippen LogP contribution is 2.39. The fourth-order valence-electron chi connectivity index (χ4n) is 6.19. The molecule has 2 amide bonds. The summed E-state index contributed by atoms with van der Waals surface area (Å²) in [5.74, 6) is -0.315. The Kier molecular flexibility index (Phi) is 11.3. The van der Waals surface area contributed by atoms with Crippen LogP contribution in [0.5, 0.6) is 0 Å². The molecule has 0 aliphatic rings. The summed E-state index contributed by atoms with van der Waals surface area (Å²) < 4.78 is 6.88. The van der Waals surface area contributed by atoms with Crippen LogP contribution in [0.2, 0.25) is 0 Å². The predicted octanol–water partition coefficient (Wildman–Crippen LogP) is 7.34. The Morgan fingerprint density at radius 3 is 2.04 bits per heavy atom. The highest BCUT2D eigenvalue weighted by molar-refractivity contribution is 7.10. The topological polar surface area (TPSA) is 67.4 Å². The Labute approximate surface area is 290 Å². The van der Waals surface area contributed by atoms with E-state index in [1.165, 1.54) is 44.3 Å². The maximum absolute atomic E-state index is 12.8. The van der Waals surface area contributed by atoms with Gasteiger partial charge in [0.1, 0.15) is 0 Å². The van der Waals surface area contributed by atoms with Crippen molar-refractivity contribution in [3.63, 3.8) is 0 Å². The zero-order valence-electron chi connectivity index (χ0n) is 28.5. The smallest absolute Gasteiger partial charge is 0.283 e. The van der Waals surface area contributed by atoms with E-state index in [0.717, 1.165) is 16.0 Å². The van der Waals surface area contributed by atoms with E-state index >= 15 is 0 Å². The second-order valence-corrected chi connectivity index (χ2v) is 15.9. The third-order valence-corrected chi connectivity index (χ3v) is 11.5. The van der Waals surface area contributed by atoms with Gasteiger partial charge in [0.15, 0.2) is 0 Å². The normalized spacial score (nSPS) is 11.6. The lowest BCUT2D eigenvalue weighted by Gasteiger charge is -2.29. The zero-order chi connectivity index (χ0) is 34.3. The van der Waals surface area contributed by atoms with Gasteiger partial charge in [-0.1, -0.05) is 93.6 Å². The molecule has 1 heterocycles. The molecule has 7 heteroatoms. The summed E-state index contributed by atoms with van der Waals surface area (Å²) in [6, 6.07) is 32.7. The first-order valence-corrected chi connectivity index (χ1v) is 18.4. The Bertz CT molecular complexity index is 1850. The maximum Gasteiger partial charge on any atom is 0.283 e. The number of carbonyl (C=O) groups excluding carboxylic acids is 2. The number of rotatable bonds is 11.